The van der Waals surface area contributed by atoms with Crippen LogP contribution in [0.1, 0.15) is 16.7 Å². The van der Waals surface area contributed by atoms with Crippen LogP contribution in [0.4, 0.5) is 5.95 Å². The molecule has 20 heavy (non-hydrogen) atoms. The fourth-order valence-electron chi connectivity index (χ4n) is 2.31. The lowest BCUT2D eigenvalue weighted by Crippen LogP contribution is -2.07. The lowest BCUT2D eigenvalue weighted by molar-refractivity contribution is 0.932. The zero-order chi connectivity index (χ0) is 13.9. The van der Waals surface area contributed by atoms with Crippen molar-refractivity contribution in [3.63, 3.8) is 0 Å². The monoisotopic (exact) mass is 266 g/mol. The van der Waals surface area contributed by atoms with E-state index in [-0.39, 0.29) is 0 Å². The van der Waals surface area contributed by atoms with Gasteiger partial charge in [0.15, 0.2) is 5.65 Å². The Kier molecular flexibility index (Phi) is 3.37. The van der Waals surface area contributed by atoms with Crippen LogP contribution >= 0.6 is 0 Å². The molecule has 0 fully saturated rings. The fraction of sp³-hybridized carbons (Fsp3) is 0.250. The van der Waals surface area contributed by atoms with E-state index >= 15 is 0 Å². The van der Waals surface area contributed by atoms with Gasteiger partial charge in [0, 0.05) is 12.7 Å². The Balaban J connectivity index is 1.68. The topological polar surface area (TPSA) is 42.2 Å². The van der Waals surface area contributed by atoms with Crippen molar-refractivity contribution in [1.29, 1.82) is 0 Å². The highest BCUT2D eigenvalue weighted by Crippen LogP contribution is 2.11. The predicted molar refractivity (Wildman–Crippen MR) is 81.1 cm³/mol. The molecule has 2 aromatic heterocycles. The van der Waals surface area contributed by atoms with Crippen molar-refractivity contribution in [2.75, 3.05) is 11.9 Å². The molecule has 0 saturated carbocycles. The Labute approximate surface area is 118 Å². The first-order valence-electron chi connectivity index (χ1n) is 6.84. The molecule has 3 aromatic rings. The summed E-state index contributed by atoms with van der Waals surface area (Å²) in [6, 6.07) is 12.5. The van der Waals surface area contributed by atoms with Crippen LogP contribution in [0.3, 0.4) is 0 Å². The van der Waals surface area contributed by atoms with Gasteiger partial charge in [0.1, 0.15) is 0 Å². The van der Waals surface area contributed by atoms with Gasteiger partial charge in [-0.25, -0.2) is 4.52 Å². The number of pyridine rings is 1. The highest BCUT2D eigenvalue weighted by Gasteiger charge is 2.04. The molecule has 0 aliphatic carbocycles. The molecule has 0 spiro atoms. The van der Waals surface area contributed by atoms with Gasteiger partial charge in [0.25, 0.3) is 0 Å². The maximum absolute atomic E-state index is 4.51. The molecular formula is C16H18N4. The summed E-state index contributed by atoms with van der Waals surface area (Å²) in [5.41, 5.74) is 4.73. The minimum Gasteiger partial charge on any atom is -0.353 e. The molecule has 1 aromatic carbocycles. The van der Waals surface area contributed by atoms with E-state index < -0.39 is 0 Å². The van der Waals surface area contributed by atoms with Crippen LogP contribution in [0.15, 0.2) is 42.6 Å². The first kappa shape index (κ1) is 12.7. The van der Waals surface area contributed by atoms with Gasteiger partial charge >= 0.3 is 0 Å². The van der Waals surface area contributed by atoms with Gasteiger partial charge in [-0.15, -0.1) is 5.10 Å². The minimum atomic E-state index is 0.688. The van der Waals surface area contributed by atoms with E-state index in [1.807, 2.05) is 29.8 Å². The standard InChI is InChI=1S/C16H18N4/c1-12-6-3-4-8-14(12)9-10-17-16-18-15-13(2)7-5-11-20(15)19-16/h3-8,11H,9-10H2,1-2H3,(H,17,19). The van der Waals surface area contributed by atoms with Crippen molar-refractivity contribution in [2.24, 2.45) is 0 Å². The number of aryl methyl sites for hydroxylation is 2. The van der Waals surface area contributed by atoms with E-state index in [0.29, 0.717) is 5.95 Å². The SMILES string of the molecule is Cc1ccccc1CCNc1nc2c(C)cccn2n1. The van der Waals surface area contributed by atoms with Crippen LogP contribution in [0.2, 0.25) is 0 Å². The summed E-state index contributed by atoms with van der Waals surface area (Å²) >= 11 is 0. The Bertz CT molecular complexity index is 730. The number of nitrogens with one attached hydrogen (secondary N) is 1. The molecule has 0 radical (unpaired) electrons. The quantitative estimate of drug-likeness (QED) is 0.789. The number of rotatable bonds is 4. The lowest BCUT2D eigenvalue weighted by atomic mass is 10.1. The summed E-state index contributed by atoms with van der Waals surface area (Å²) in [5, 5.41) is 7.72. The molecule has 102 valence electrons. The van der Waals surface area contributed by atoms with Gasteiger partial charge in [-0.1, -0.05) is 30.3 Å². The lowest BCUT2D eigenvalue weighted by Gasteiger charge is -2.05. The third kappa shape index (κ3) is 2.50. The van der Waals surface area contributed by atoms with E-state index in [0.717, 1.165) is 24.2 Å². The van der Waals surface area contributed by atoms with Crippen LogP contribution in [-0.2, 0) is 6.42 Å². The van der Waals surface area contributed by atoms with E-state index in [1.165, 1.54) is 11.1 Å². The summed E-state index contributed by atoms with van der Waals surface area (Å²) in [7, 11) is 0. The molecule has 0 saturated heterocycles. The van der Waals surface area contributed by atoms with E-state index in [2.05, 4.69) is 46.6 Å². The molecular weight excluding hydrogens is 248 g/mol. The summed E-state index contributed by atoms with van der Waals surface area (Å²) in [5.74, 6) is 0.688. The Morgan fingerprint density at radius 2 is 1.85 bits per heavy atom. The van der Waals surface area contributed by atoms with Gasteiger partial charge in [-0.05, 0) is 43.0 Å². The second-order valence-electron chi connectivity index (χ2n) is 5.00. The number of benzene rings is 1. The minimum absolute atomic E-state index is 0.688. The molecule has 1 N–H and O–H groups in total. The number of aromatic nitrogens is 3. The first-order valence-corrected chi connectivity index (χ1v) is 6.84. The Morgan fingerprint density at radius 3 is 2.65 bits per heavy atom. The summed E-state index contributed by atoms with van der Waals surface area (Å²) in [4.78, 5) is 4.51. The molecule has 0 atom stereocenters. The second-order valence-corrected chi connectivity index (χ2v) is 5.00. The third-order valence-electron chi connectivity index (χ3n) is 3.50. The van der Waals surface area contributed by atoms with E-state index in [1.54, 1.807) is 0 Å². The molecule has 0 aliphatic rings. The van der Waals surface area contributed by atoms with Crippen molar-refractivity contribution >= 4 is 11.6 Å². The van der Waals surface area contributed by atoms with E-state index in [4.69, 9.17) is 0 Å². The molecule has 0 unspecified atom stereocenters. The highest BCUT2D eigenvalue weighted by molar-refractivity contribution is 5.49. The first-order chi connectivity index (χ1) is 9.74. The Hall–Kier alpha value is -2.36. The Morgan fingerprint density at radius 1 is 1.05 bits per heavy atom. The van der Waals surface area contributed by atoms with Crippen molar-refractivity contribution in [3.8, 4) is 0 Å². The van der Waals surface area contributed by atoms with Crippen LogP contribution in [0, 0.1) is 13.8 Å². The molecule has 4 nitrogen and oxygen atoms in total. The molecule has 0 bridgehead atoms. The fourth-order valence-corrected chi connectivity index (χ4v) is 2.31. The predicted octanol–water partition coefficient (Wildman–Crippen LogP) is 3.00. The van der Waals surface area contributed by atoms with E-state index in [9.17, 15) is 0 Å². The zero-order valence-electron chi connectivity index (χ0n) is 11.8. The van der Waals surface area contributed by atoms with Crippen molar-refractivity contribution in [3.05, 3.63) is 59.3 Å². The molecule has 4 heteroatoms. The average molecular weight is 266 g/mol. The van der Waals surface area contributed by atoms with Gasteiger partial charge in [-0.2, -0.15) is 4.98 Å². The van der Waals surface area contributed by atoms with Gasteiger partial charge in [-0.3, -0.25) is 0 Å². The number of hydrogen-bond donors (Lipinski definition) is 1. The highest BCUT2D eigenvalue weighted by atomic mass is 15.3. The smallest absolute Gasteiger partial charge is 0.243 e. The van der Waals surface area contributed by atoms with Crippen LogP contribution in [0.5, 0.6) is 0 Å². The maximum atomic E-state index is 4.51. The molecule has 0 aliphatic heterocycles. The summed E-state index contributed by atoms with van der Waals surface area (Å²) in [6.07, 6.45) is 2.89. The van der Waals surface area contributed by atoms with Crippen LogP contribution in [-0.4, -0.2) is 21.1 Å². The number of nitrogens with zero attached hydrogens (tertiary/aromatic N) is 3. The van der Waals surface area contributed by atoms with Gasteiger partial charge < -0.3 is 5.32 Å². The normalized spacial score (nSPS) is 10.9. The number of fused-ring (bicyclic) bond motifs is 1. The summed E-state index contributed by atoms with van der Waals surface area (Å²) in [6.45, 7) is 5.02. The van der Waals surface area contributed by atoms with Crippen LogP contribution < -0.4 is 5.32 Å². The van der Waals surface area contributed by atoms with Gasteiger partial charge in [0.05, 0.1) is 0 Å². The largest absolute Gasteiger partial charge is 0.353 e. The summed E-state index contributed by atoms with van der Waals surface area (Å²) < 4.78 is 1.81. The second kappa shape index (κ2) is 5.33. The average Bonchev–Trinajstić information content (AvgIpc) is 2.85. The van der Waals surface area contributed by atoms with Crippen LogP contribution in [0.25, 0.3) is 5.65 Å². The zero-order valence-corrected chi connectivity index (χ0v) is 11.8. The number of hydrogen-bond acceptors (Lipinski definition) is 3. The molecule has 0 amide bonds. The van der Waals surface area contributed by atoms with Crippen molar-refractivity contribution in [2.45, 2.75) is 20.3 Å². The number of anilines is 1. The molecule has 3 rings (SSSR count). The van der Waals surface area contributed by atoms with Gasteiger partial charge in [0.2, 0.25) is 5.95 Å². The third-order valence-corrected chi connectivity index (χ3v) is 3.50. The van der Waals surface area contributed by atoms with Crippen molar-refractivity contribution in [1.82, 2.24) is 14.6 Å². The molecule has 2 heterocycles. The van der Waals surface area contributed by atoms with Crippen molar-refractivity contribution < 1.29 is 0 Å². The maximum Gasteiger partial charge on any atom is 0.243 e.